The standard InChI is InChI=1S/C10H20N2/c1-3-12-9-10(2)7-5-4-6-8-11/h3,9-10H,1,4-8,11H2,2H3. The van der Waals surface area contributed by atoms with Gasteiger partial charge < -0.3 is 5.73 Å². The molecule has 0 aromatic carbocycles. The van der Waals surface area contributed by atoms with E-state index in [9.17, 15) is 0 Å². The van der Waals surface area contributed by atoms with Gasteiger partial charge in [0.05, 0.1) is 0 Å². The fraction of sp³-hybridized carbons (Fsp3) is 0.700. The lowest BCUT2D eigenvalue weighted by molar-refractivity contribution is 0.593. The van der Waals surface area contributed by atoms with Crippen molar-refractivity contribution in [1.29, 1.82) is 0 Å². The van der Waals surface area contributed by atoms with Crippen LogP contribution in [0.3, 0.4) is 0 Å². The van der Waals surface area contributed by atoms with Gasteiger partial charge in [-0.1, -0.05) is 26.3 Å². The maximum absolute atomic E-state index is 5.39. The molecule has 2 N–H and O–H groups in total. The highest BCUT2D eigenvalue weighted by atomic mass is 14.7. The maximum Gasteiger partial charge on any atom is 0.0192 e. The molecule has 0 aliphatic heterocycles. The van der Waals surface area contributed by atoms with Gasteiger partial charge in [0.25, 0.3) is 0 Å². The summed E-state index contributed by atoms with van der Waals surface area (Å²) in [6.45, 7) is 6.52. The number of nitrogens with two attached hydrogens (primary N) is 1. The number of hydrogen-bond donors (Lipinski definition) is 1. The van der Waals surface area contributed by atoms with Crippen LogP contribution in [0.5, 0.6) is 0 Å². The van der Waals surface area contributed by atoms with Crippen LogP contribution >= 0.6 is 0 Å². The van der Waals surface area contributed by atoms with Crippen LogP contribution in [-0.4, -0.2) is 12.8 Å². The predicted octanol–water partition coefficient (Wildman–Crippen LogP) is 2.36. The van der Waals surface area contributed by atoms with E-state index in [0.717, 1.165) is 13.0 Å². The minimum absolute atomic E-state index is 0.570. The summed E-state index contributed by atoms with van der Waals surface area (Å²) in [6, 6.07) is 0. The third-order valence-electron chi connectivity index (χ3n) is 1.81. The van der Waals surface area contributed by atoms with E-state index in [-0.39, 0.29) is 0 Å². The summed E-state index contributed by atoms with van der Waals surface area (Å²) < 4.78 is 0. The van der Waals surface area contributed by atoms with Crippen LogP contribution in [0.4, 0.5) is 0 Å². The Bertz CT molecular complexity index is 130. The van der Waals surface area contributed by atoms with E-state index in [2.05, 4.69) is 18.5 Å². The summed E-state index contributed by atoms with van der Waals surface area (Å²) in [6.07, 6.45) is 8.37. The van der Waals surface area contributed by atoms with Gasteiger partial charge in [0.15, 0.2) is 0 Å². The van der Waals surface area contributed by atoms with Gasteiger partial charge in [-0.25, -0.2) is 0 Å². The van der Waals surface area contributed by atoms with Crippen LogP contribution in [0.15, 0.2) is 17.8 Å². The van der Waals surface area contributed by atoms with Crippen molar-refractivity contribution in [3.8, 4) is 0 Å². The average Bonchev–Trinajstić information content (AvgIpc) is 2.09. The third-order valence-corrected chi connectivity index (χ3v) is 1.81. The summed E-state index contributed by atoms with van der Waals surface area (Å²) in [5, 5.41) is 0. The number of rotatable bonds is 7. The summed E-state index contributed by atoms with van der Waals surface area (Å²) in [5.41, 5.74) is 5.39. The van der Waals surface area contributed by atoms with Crippen molar-refractivity contribution in [3.05, 3.63) is 12.8 Å². The van der Waals surface area contributed by atoms with Crippen molar-refractivity contribution in [2.75, 3.05) is 6.54 Å². The normalized spacial score (nSPS) is 13.5. The van der Waals surface area contributed by atoms with E-state index in [1.165, 1.54) is 19.3 Å². The number of unbranched alkanes of at least 4 members (excludes halogenated alkanes) is 2. The minimum Gasteiger partial charge on any atom is -0.330 e. The second kappa shape index (κ2) is 8.47. The maximum atomic E-state index is 5.39. The molecule has 1 unspecified atom stereocenters. The molecule has 0 rings (SSSR count). The van der Waals surface area contributed by atoms with Crippen molar-refractivity contribution in [1.82, 2.24) is 0 Å². The predicted molar refractivity (Wildman–Crippen MR) is 55.4 cm³/mol. The Morgan fingerprint density at radius 3 is 2.75 bits per heavy atom. The summed E-state index contributed by atoms with van der Waals surface area (Å²) in [4.78, 5) is 3.98. The molecule has 0 amide bonds. The zero-order valence-corrected chi connectivity index (χ0v) is 8.00. The molecule has 1 atom stereocenters. The Labute approximate surface area is 75.6 Å². The molecule has 0 aromatic heterocycles. The lowest BCUT2D eigenvalue weighted by atomic mass is 10.0. The van der Waals surface area contributed by atoms with Crippen LogP contribution in [-0.2, 0) is 0 Å². The van der Waals surface area contributed by atoms with Crippen molar-refractivity contribution >= 4 is 6.21 Å². The molecular weight excluding hydrogens is 148 g/mol. The molecule has 0 radical (unpaired) electrons. The molecule has 0 spiro atoms. The van der Waals surface area contributed by atoms with E-state index in [1.807, 2.05) is 6.21 Å². The van der Waals surface area contributed by atoms with Gasteiger partial charge in [0.2, 0.25) is 0 Å². The number of nitrogens with zero attached hydrogens (tertiary/aromatic N) is 1. The first-order valence-electron chi connectivity index (χ1n) is 4.65. The fourth-order valence-corrected chi connectivity index (χ4v) is 1.07. The van der Waals surface area contributed by atoms with E-state index in [1.54, 1.807) is 6.20 Å². The Morgan fingerprint density at radius 1 is 1.42 bits per heavy atom. The third kappa shape index (κ3) is 7.48. The monoisotopic (exact) mass is 168 g/mol. The molecule has 2 heteroatoms. The van der Waals surface area contributed by atoms with Gasteiger partial charge in [-0.05, 0) is 25.3 Å². The molecular formula is C10H20N2. The zero-order valence-electron chi connectivity index (χ0n) is 8.00. The van der Waals surface area contributed by atoms with Gasteiger partial charge >= 0.3 is 0 Å². The average molecular weight is 168 g/mol. The second-order valence-electron chi connectivity index (χ2n) is 3.10. The molecule has 70 valence electrons. The van der Waals surface area contributed by atoms with Crippen molar-refractivity contribution in [2.24, 2.45) is 16.6 Å². The highest BCUT2D eigenvalue weighted by molar-refractivity contribution is 5.60. The molecule has 0 saturated heterocycles. The van der Waals surface area contributed by atoms with Crippen LogP contribution in [0.1, 0.15) is 32.6 Å². The smallest absolute Gasteiger partial charge is 0.0192 e. The highest BCUT2D eigenvalue weighted by Gasteiger charge is 1.96. The van der Waals surface area contributed by atoms with Crippen molar-refractivity contribution in [3.63, 3.8) is 0 Å². The molecule has 0 fully saturated rings. The number of hydrogen-bond acceptors (Lipinski definition) is 2. The Hall–Kier alpha value is -0.630. The van der Waals surface area contributed by atoms with E-state index in [0.29, 0.717) is 5.92 Å². The van der Waals surface area contributed by atoms with E-state index < -0.39 is 0 Å². The summed E-state index contributed by atoms with van der Waals surface area (Å²) in [5.74, 6) is 0.570. The van der Waals surface area contributed by atoms with Crippen LogP contribution < -0.4 is 5.73 Å². The van der Waals surface area contributed by atoms with Gasteiger partial charge in [0, 0.05) is 12.4 Å². The first-order valence-corrected chi connectivity index (χ1v) is 4.65. The SMILES string of the molecule is C=CN=CC(C)CCCCCN. The Balaban J connectivity index is 3.24. The van der Waals surface area contributed by atoms with Gasteiger partial charge in [-0.2, -0.15) is 0 Å². The lowest BCUT2D eigenvalue weighted by Crippen LogP contribution is -1.99. The lowest BCUT2D eigenvalue weighted by Gasteiger charge is -2.03. The first kappa shape index (κ1) is 11.4. The molecule has 0 aliphatic carbocycles. The fourth-order valence-electron chi connectivity index (χ4n) is 1.07. The molecule has 0 aliphatic rings. The largest absolute Gasteiger partial charge is 0.330 e. The van der Waals surface area contributed by atoms with Gasteiger partial charge in [-0.15, -0.1) is 0 Å². The zero-order chi connectivity index (χ0) is 9.23. The van der Waals surface area contributed by atoms with Crippen LogP contribution in [0.2, 0.25) is 0 Å². The Kier molecular flexibility index (Phi) is 8.02. The van der Waals surface area contributed by atoms with Crippen molar-refractivity contribution in [2.45, 2.75) is 32.6 Å². The topological polar surface area (TPSA) is 38.4 Å². The quantitative estimate of drug-likeness (QED) is 0.460. The minimum atomic E-state index is 0.570. The highest BCUT2D eigenvalue weighted by Crippen LogP contribution is 2.06. The molecule has 0 heterocycles. The number of aliphatic imine (C=N–C) groups is 1. The molecule has 0 bridgehead atoms. The molecule has 0 saturated carbocycles. The summed E-state index contributed by atoms with van der Waals surface area (Å²) in [7, 11) is 0. The first-order chi connectivity index (χ1) is 5.81. The summed E-state index contributed by atoms with van der Waals surface area (Å²) >= 11 is 0. The molecule has 0 aromatic rings. The van der Waals surface area contributed by atoms with E-state index >= 15 is 0 Å². The molecule has 12 heavy (non-hydrogen) atoms. The van der Waals surface area contributed by atoms with Crippen molar-refractivity contribution < 1.29 is 0 Å². The second-order valence-corrected chi connectivity index (χ2v) is 3.10. The Morgan fingerprint density at radius 2 is 2.17 bits per heavy atom. The van der Waals surface area contributed by atoms with Gasteiger partial charge in [0.1, 0.15) is 0 Å². The van der Waals surface area contributed by atoms with E-state index in [4.69, 9.17) is 5.73 Å². The van der Waals surface area contributed by atoms with Crippen LogP contribution in [0, 0.1) is 5.92 Å². The van der Waals surface area contributed by atoms with Gasteiger partial charge in [-0.3, -0.25) is 4.99 Å². The van der Waals surface area contributed by atoms with Crippen LogP contribution in [0.25, 0.3) is 0 Å². The molecule has 2 nitrogen and oxygen atoms in total.